The molecule has 22 heavy (non-hydrogen) atoms. The quantitative estimate of drug-likeness (QED) is 0.819. The first-order valence-corrected chi connectivity index (χ1v) is 7.09. The van der Waals surface area contributed by atoms with Crippen LogP contribution in [0.1, 0.15) is 23.7 Å². The van der Waals surface area contributed by atoms with E-state index in [9.17, 15) is 14.4 Å². The minimum atomic E-state index is -0.299. The molecule has 0 saturated carbocycles. The van der Waals surface area contributed by atoms with Crippen molar-refractivity contribution in [1.82, 2.24) is 10.2 Å². The molecule has 1 atom stereocenters. The second-order valence-corrected chi connectivity index (χ2v) is 5.19. The van der Waals surface area contributed by atoms with Crippen LogP contribution in [0.3, 0.4) is 0 Å². The summed E-state index contributed by atoms with van der Waals surface area (Å²) in [6.45, 7) is 6.13. The molecule has 2 rings (SSSR count). The molecule has 1 saturated heterocycles. The summed E-state index contributed by atoms with van der Waals surface area (Å²) in [7, 11) is 0. The first-order chi connectivity index (χ1) is 10.5. The van der Waals surface area contributed by atoms with Crippen molar-refractivity contribution >= 4 is 23.4 Å². The summed E-state index contributed by atoms with van der Waals surface area (Å²) < 4.78 is 0. The Morgan fingerprint density at radius 2 is 1.95 bits per heavy atom. The van der Waals surface area contributed by atoms with Crippen molar-refractivity contribution in [3.05, 3.63) is 42.5 Å². The number of hydrogen-bond donors (Lipinski definition) is 2. The van der Waals surface area contributed by atoms with Crippen LogP contribution >= 0.6 is 0 Å². The van der Waals surface area contributed by atoms with Crippen LogP contribution in [0.4, 0.5) is 5.69 Å². The molecule has 6 nitrogen and oxygen atoms in total. The standard InChI is InChI=1S/C16H19N3O3/c1-3-15(21)17-13-6-4-12(5-7-13)16(22)18-14-8-9-19(10-14)11(2)20/h3-7,14H,1,8-10H2,2H3,(H,17,21)(H,18,22)/t14-/m1/s1. The lowest BCUT2D eigenvalue weighted by molar-refractivity contribution is -0.127. The molecule has 0 aromatic heterocycles. The highest BCUT2D eigenvalue weighted by Gasteiger charge is 2.25. The number of carbonyl (C=O) groups excluding carboxylic acids is 3. The lowest BCUT2D eigenvalue weighted by atomic mass is 10.1. The fraction of sp³-hybridized carbons (Fsp3) is 0.312. The van der Waals surface area contributed by atoms with Crippen LogP contribution in [-0.2, 0) is 9.59 Å². The monoisotopic (exact) mass is 301 g/mol. The summed E-state index contributed by atoms with van der Waals surface area (Å²) in [5, 5.41) is 5.53. The highest BCUT2D eigenvalue weighted by molar-refractivity contribution is 5.99. The van der Waals surface area contributed by atoms with Crippen LogP contribution < -0.4 is 10.6 Å². The number of likely N-dealkylation sites (tertiary alicyclic amines) is 1. The zero-order valence-corrected chi connectivity index (χ0v) is 12.5. The number of amides is 3. The van der Waals surface area contributed by atoms with Crippen LogP contribution in [0, 0.1) is 0 Å². The van der Waals surface area contributed by atoms with E-state index < -0.39 is 0 Å². The van der Waals surface area contributed by atoms with Gasteiger partial charge in [-0.05, 0) is 36.8 Å². The van der Waals surface area contributed by atoms with Crippen molar-refractivity contribution < 1.29 is 14.4 Å². The minimum Gasteiger partial charge on any atom is -0.347 e. The van der Waals surface area contributed by atoms with Crippen molar-refractivity contribution in [2.75, 3.05) is 18.4 Å². The normalized spacial score (nSPS) is 17.0. The maximum atomic E-state index is 12.1. The summed E-state index contributed by atoms with van der Waals surface area (Å²) in [5.41, 5.74) is 1.11. The van der Waals surface area contributed by atoms with Gasteiger partial charge in [0.25, 0.3) is 5.91 Å². The number of benzene rings is 1. The van der Waals surface area contributed by atoms with Gasteiger partial charge in [-0.3, -0.25) is 14.4 Å². The molecular formula is C16H19N3O3. The first-order valence-electron chi connectivity index (χ1n) is 7.09. The molecule has 0 spiro atoms. The molecule has 1 aromatic carbocycles. The summed E-state index contributed by atoms with van der Waals surface area (Å²) >= 11 is 0. The maximum absolute atomic E-state index is 12.1. The molecule has 1 aliphatic heterocycles. The Labute approximate surface area is 129 Å². The molecular weight excluding hydrogens is 282 g/mol. The van der Waals surface area contributed by atoms with Gasteiger partial charge in [0.05, 0.1) is 0 Å². The number of hydrogen-bond acceptors (Lipinski definition) is 3. The number of rotatable bonds is 4. The molecule has 1 fully saturated rings. The van der Waals surface area contributed by atoms with E-state index in [4.69, 9.17) is 0 Å². The van der Waals surface area contributed by atoms with Gasteiger partial charge in [-0.25, -0.2) is 0 Å². The highest BCUT2D eigenvalue weighted by Crippen LogP contribution is 2.12. The van der Waals surface area contributed by atoms with Crippen LogP contribution in [-0.4, -0.2) is 41.8 Å². The van der Waals surface area contributed by atoms with E-state index in [1.165, 1.54) is 13.0 Å². The third-order valence-electron chi connectivity index (χ3n) is 3.57. The Morgan fingerprint density at radius 3 is 2.50 bits per heavy atom. The molecule has 3 amide bonds. The van der Waals surface area contributed by atoms with Gasteiger partial charge in [0.15, 0.2) is 0 Å². The van der Waals surface area contributed by atoms with E-state index in [1.54, 1.807) is 29.2 Å². The predicted molar refractivity (Wildman–Crippen MR) is 83.4 cm³/mol. The van der Waals surface area contributed by atoms with Crippen molar-refractivity contribution in [2.24, 2.45) is 0 Å². The van der Waals surface area contributed by atoms with Crippen LogP contribution in [0.2, 0.25) is 0 Å². The third-order valence-corrected chi connectivity index (χ3v) is 3.57. The van der Waals surface area contributed by atoms with Gasteiger partial charge in [0, 0.05) is 37.3 Å². The van der Waals surface area contributed by atoms with Crippen molar-refractivity contribution in [2.45, 2.75) is 19.4 Å². The second-order valence-electron chi connectivity index (χ2n) is 5.19. The second kappa shape index (κ2) is 6.89. The maximum Gasteiger partial charge on any atom is 0.251 e. The van der Waals surface area contributed by atoms with Crippen molar-refractivity contribution in [3.8, 4) is 0 Å². The van der Waals surface area contributed by atoms with Crippen LogP contribution in [0.5, 0.6) is 0 Å². The fourth-order valence-corrected chi connectivity index (χ4v) is 2.33. The predicted octanol–water partition coefficient (Wildman–Crippen LogP) is 1.16. The SMILES string of the molecule is C=CC(=O)Nc1ccc(C(=O)N[C@@H]2CCN(C(C)=O)C2)cc1. The van der Waals surface area contributed by atoms with Gasteiger partial charge >= 0.3 is 0 Å². The third kappa shape index (κ3) is 3.94. The Kier molecular flexibility index (Phi) is 4.93. The van der Waals surface area contributed by atoms with Gasteiger partial charge in [-0.2, -0.15) is 0 Å². The summed E-state index contributed by atoms with van der Waals surface area (Å²) in [4.78, 5) is 36.3. The molecule has 0 bridgehead atoms. The molecule has 1 aromatic rings. The van der Waals surface area contributed by atoms with E-state index >= 15 is 0 Å². The smallest absolute Gasteiger partial charge is 0.251 e. The number of carbonyl (C=O) groups is 3. The fourth-order valence-electron chi connectivity index (χ4n) is 2.33. The lowest BCUT2D eigenvalue weighted by Gasteiger charge is -2.15. The number of nitrogens with zero attached hydrogens (tertiary/aromatic N) is 1. The van der Waals surface area contributed by atoms with Gasteiger partial charge in [0.1, 0.15) is 0 Å². The zero-order valence-electron chi connectivity index (χ0n) is 12.5. The Balaban J connectivity index is 1.91. The van der Waals surface area contributed by atoms with E-state index in [0.29, 0.717) is 24.3 Å². The minimum absolute atomic E-state index is 0.0171. The van der Waals surface area contributed by atoms with Crippen LogP contribution in [0.25, 0.3) is 0 Å². The van der Waals surface area contributed by atoms with E-state index in [-0.39, 0.29) is 23.8 Å². The highest BCUT2D eigenvalue weighted by atomic mass is 16.2. The summed E-state index contributed by atoms with van der Waals surface area (Å²) in [6.07, 6.45) is 1.94. The van der Waals surface area contributed by atoms with Crippen molar-refractivity contribution in [3.63, 3.8) is 0 Å². The Bertz CT molecular complexity index is 595. The molecule has 6 heteroatoms. The number of nitrogens with one attached hydrogen (secondary N) is 2. The summed E-state index contributed by atoms with van der Waals surface area (Å²) in [6, 6.07) is 6.59. The van der Waals surface area contributed by atoms with Gasteiger partial charge < -0.3 is 15.5 Å². The first kappa shape index (κ1) is 15.8. The van der Waals surface area contributed by atoms with Gasteiger partial charge in [-0.1, -0.05) is 6.58 Å². The average molecular weight is 301 g/mol. The molecule has 2 N–H and O–H groups in total. The van der Waals surface area contributed by atoms with E-state index in [1.807, 2.05) is 0 Å². The van der Waals surface area contributed by atoms with Crippen LogP contribution in [0.15, 0.2) is 36.9 Å². The molecule has 0 radical (unpaired) electrons. The van der Waals surface area contributed by atoms with E-state index in [2.05, 4.69) is 17.2 Å². The van der Waals surface area contributed by atoms with Gasteiger partial charge in [0.2, 0.25) is 11.8 Å². The zero-order chi connectivity index (χ0) is 16.1. The summed E-state index contributed by atoms with van der Waals surface area (Å²) in [5.74, 6) is -0.455. The van der Waals surface area contributed by atoms with Gasteiger partial charge in [-0.15, -0.1) is 0 Å². The topological polar surface area (TPSA) is 78.5 Å². The Hall–Kier alpha value is -2.63. The average Bonchev–Trinajstić information content (AvgIpc) is 2.96. The Morgan fingerprint density at radius 1 is 1.27 bits per heavy atom. The molecule has 0 aliphatic carbocycles. The van der Waals surface area contributed by atoms with Crippen molar-refractivity contribution in [1.29, 1.82) is 0 Å². The lowest BCUT2D eigenvalue weighted by Crippen LogP contribution is -2.37. The van der Waals surface area contributed by atoms with E-state index in [0.717, 1.165) is 6.42 Å². The molecule has 116 valence electrons. The molecule has 1 heterocycles. The molecule has 0 unspecified atom stereocenters. The molecule has 1 aliphatic rings. The largest absolute Gasteiger partial charge is 0.347 e. The number of anilines is 1.